The minimum absolute atomic E-state index is 0.197. The van der Waals surface area contributed by atoms with Gasteiger partial charge in [-0.1, -0.05) is 30.3 Å². The topological polar surface area (TPSA) is 162 Å². The normalized spacial score (nSPS) is 22.7. The fraction of sp³-hybridized carbons (Fsp3) is 0.381. The average molecular weight is 440 g/mol. The first-order valence-corrected chi connectivity index (χ1v) is 10.3. The Morgan fingerprint density at radius 2 is 1.84 bits per heavy atom. The van der Waals surface area contributed by atoms with Crippen molar-refractivity contribution in [3.63, 3.8) is 0 Å². The number of nitrogens with one attached hydrogen (secondary N) is 2. The number of carboxylic acid groups (broad SMARTS) is 1. The van der Waals surface area contributed by atoms with E-state index in [2.05, 4.69) is 25.6 Å². The number of carbonyl (C=O) groups is 2. The van der Waals surface area contributed by atoms with Crippen molar-refractivity contribution in [1.82, 2.24) is 24.8 Å². The molecule has 0 saturated heterocycles. The highest BCUT2D eigenvalue weighted by Gasteiger charge is 2.43. The third-order valence-corrected chi connectivity index (χ3v) is 5.58. The van der Waals surface area contributed by atoms with E-state index in [9.17, 15) is 19.8 Å². The fourth-order valence-electron chi connectivity index (χ4n) is 3.93. The predicted octanol–water partition coefficient (Wildman–Crippen LogP) is 0.455. The highest BCUT2D eigenvalue weighted by Crippen LogP contribution is 2.33. The fourth-order valence-corrected chi connectivity index (χ4v) is 3.93. The van der Waals surface area contributed by atoms with Crippen LogP contribution in [0.5, 0.6) is 0 Å². The largest absolute Gasteiger partial charge is 0.481 e. The highest BCUT2D eigenvalue weighted by atomic mass is 16.4. The first-order valence-electron chi connectivity index (χ1n) is 10.3. The molecular formula is C21H24N6O5. The molecule has 0 spiro atoms. The van der Waals surface area contributed by atoms with E-state index < -0.39 is 36.2 Å². The van der Waals surface area contributed by atoms with Gasteiger partial charge in [0.1, 0.15) is 24.1 Å². The number of carboxylic acids is 1. The Morgan fingerprint density at radius 3 is 2.59 bits per heavy atom. The second-order valence-electron chi connectivity index (χ2n) is 7.74. The molecule has 1 aromatic carbocycles. The monoisotopic (exact) mass is 440 g/mol. The van der Waals surface area contributed by atoms with E-state index >= 15 is 0 Å². The number of hydrogen-bond acceptors (Lipinski definition) is 8. The summed E-state index contributed by atoms with van der Waals surface area (Å²) in [6.07, 6.45) is 0.304. The molecular weight excluding hydrogens is 416 g/mol. The van der Waals surface area contributed by atoms with Gasteiger partial charge in [0.25, 0.3) is 0 Å². The van der Waals surface area contributed by atoms with Crippen LogP contribution in [0.3, 0.4) is 0 Å². The van der Waals surface area contributed by atoms with E-state index in [1.165, 1.54) is 12.7 Å². The van der Waals surface area contributed by atoms with Crippen molar-refractivity contribution < 1.29 is 24.9 Å². The summed E-state index contributed by atoms with van der Waals surface area (Å²) in [4.78, 5) is 35.6. The standard InChI is InChI=1S/C21H24N6O5/c28-15(6-7-16(29)30)26-13-8-14(19(32)18(13)31)27-11-25-17-20(23-10-24-21(17)27)22-9-12-4-2-1-3-5-12/h1-5,10-11,13-14,18-19,31-32H,6-9H2,(H,26,28)(H,29,30)(H,22,23,24)/t13-,14+,18-,19+/m1/s1. The minimum Gasteiger partial charge on any atom is -0.481 e. The number of rotatable bonds is 8. The number of benzene rings is 1. The van der Waals surface area contributed by atoms with Crippen molar-refractivity contribution in [2.24, 2.45) is 0 Å². The number of aliphatic hydroxyl groups excluding tert-OH is 2. The Bertz CT molecular complexity index is 1100. The van der Waals surface area contributed by atoms with Gasteiger partial charge in [-0.05, 0) is 12.0 Å². The van der Waals surface area contributed by atoms with E-state index in [4.69, 9.17) is 5.11 Å². The molecule has 1 aliphatic rings. The van der Waals surface area contributed by atoms with Crippen LogP contribution in [0.15, 0.2) is 43.0 Å². The van der Waals surface area contributed by atoms with Crippen molar-refractivity contribution >= 4 is 28.9 Å². The molecule has 168 valence electrons. The smallest absolute Gasteiger partial charge is 0.303 e. The van der Waals surface area contributed by atoms with Gasteiger partial charge in [-0.2, -0.15) is 0 Å². The number of fused-ring (bicyclic) bond motifs is 1. The van der Waals surface area contributed by atoms with Crippen LogP contribution in [0.25, 0.3) is 11.2 Å². The van der Waals surface area contributed by atoms with Gasteiger partial charge in [-0.3, -0.25) is 9.59 Å². The number of aliphatic hydroxyl groups is 2. The van der Waals surface area contributed by atoms with Gasteiger partial charge in [-0.15, -0.1) is 0 Å². The maximum atomic E-state index is 12.0. The quantitative estimate of drug-likeness (QED) is 0.335. The molecule has 0 radical (unpaired) electrons. The summed E-state index contributed by atoms with van der Waals surface area (Å²) in [6, 6.07) is 8.53. The molecule has 1 aliphatic carbocycles. The van der Waals surface area contributed by atoms with Gasteiger partial charge >= 0.3 is 5.97 Å². The molecule has 32 heavy (non-hydrogen) atoms. The summed E-state index contributed by atoms with van der Waals surface area (Å²) >= 11 is 0. The summed E-state index contributed by atoms with van der Waals surface area (Å²) in [7, 11) is 0. The highest BCUT2D eigenvalue weighted by molar-refractivity contribution is 5.83. The molecule has 2 aromatic heterocycles. The van der Waals surface area contributed by atoms with Gasteiger partial charge in [-0.25, -0.2) is 15.0 Å². The molecule has 4 rings (SSSR count). The second kappa shape index (κ2) is 9.28. The van der Waals surface area contributed by atoms with Crippen LogP contribution in [0.1, 0.15) is 30.9 Å². The van der Waals surface area contributed by atoms with E-state index in [0.717, 1.165) is 5.56 Å². The molecule has 3 aromatic rings. The van der Waals surface area contributed by atoms with Crippen molar-refractivity contribution in [3.05, 3.63) is 48.5 Å². The number of carbonyl (C=O) groups excluding carboxylic acids is 1. The zero-order valence-corrected chi connectivity index (χ0v) is 17.1. The van der Waals surface area contributed by atoms with Gasteiger partial charge in [0.15, 0.2) is 11.5 Å². The van der Waals surface area contributed by atoms with Crippen LogP contribution in [-0.4, -0.2) is 65.0 Å². The van der Waals surface area contributed by atoms with Gasteiger partial charge in [0.05, 0.1) is 24.8 Å². The first-order chi connectivity index (χ1) is 15.4. The van der Waals surface area contributed by atoms with E-state index in [-0.39, 0.29) is 19.3 Å². The van der Waals surface area contributed by atoms with E-state index in [1.54, 1.807) is 4.57 Å². The lowest BCUT2D eigenvalue weighted by Crippen LogP contribution is -2.43. The van der Waals surface area contributed by atoms with Crippen molar-refractivity contribution in [3.8, 4) is 0 Å². The Morgan fingerprint density at radius 1 is 1.06 bits per heavy atom. The number of amides is 1. The molecule has 2 heterocycles. The van der Waals surface area contributed by atoms with Gasteiger partial charge in [0.2, 0.25) is 5.91 Å². The zero-order chi connectivity index (χ0) is 22.7. The number of aliphatic carboxylic acids is 1. The summed E-state index contributed by atoms with van der Waals surface area (Å²) in [5, 5.41) is 35.6. The van der Waals surface area contributed by atoms with Crippen LogP contribution < -0.4 is 10.6 Å². The van der Waals surface area contributed by atoms with Crippen molar-refractivity contribution in [2.45, 2.75) is 50.1 Å². The third-order valence-electron chi connectivity index (χ3n) is 5.58. The lowest BCUT2D eigenvalue weighted by atomic mass is 10.2. The minimum atomic E-state index is -1.20. The molecule has 11 nitrogen and oxygen atoms in total. The van der Waals surface area contributed by atoms with E-state index in [1.807, 2.05) is 30.3 Å². The number of imidazole rings is 1. The van der Waals surface area contributed by atoms with Crippen molar-refractivity contribution in [1.29, 1.82) is 0 Å². The summed E-state index contributed by atoms with van der Waals surface area (Å²) in [6.45, 7) is 0.551. The molecule has 0 unspecified atom stereocenters. The third kappa shape index (κ3) is 4.53. The number of hydrogen-bond donors (Lipinski definition) is 5. The second-order valence-corrected chi connectivity index (χ2v) is 7.74. The van der Waals surface area contributed by atoms with Crippen LogP contribution in [0.4, 0.5) is 5.82 Å². The Hall–Kier alpha value is -3.57. The SMILES string of the molecule is O=C(O)CCC(=O)N[C@@H]1C[C@H](n2cnc3c(NCc4ccccc4)ncnc32)[C@H](O)[C@@H]1O. The maximum absolute atomic E-state index is 12.0. The Balaban J connectivity index is 1.49. The van der Waals surface area contributed by atoms with Crippen LogP contribution >= 0.6 is 0 Å². The van der Waals surface area contributed by atoms with Crippen LogP contribution in [0.2, 0.25) is 0 Å². The number of aromatic nitrogens is 4. The van der Waals surface area contributed by atoms with E-state index in [0.29, 0.717) is 23.5 Å². The first kappa shape index (κ1) is 21.7. The zero-order valence-electron chi connectivity index (χ0n) is 17.1. The summed E-state index contributed by atoms with van der Waals surface area (Å²) in [5.74, 6) is -1.02. The Kier molecular flexibility index (Phi) is 6.28. The van der Waals surface area contributed by atoms with Crippen LogP contribution in [0, 0.1) is 0 Å². The molecule has 0 aliphatic heterocycles. The molecule has 1 amide bonds. The van der Waals surface area contributed by atoms with Crippen molar-refractivity contribution in [2.75, 3.05) is 5.32 Å². The number of anilines is 1. The van der Waals surface area contributed by atoms with Crippen LogP contribution in [-0.2, 0) is 16.1 Å². The van der Waals surface area contributed by atoms with Gasteiger partial charge in [0, 0.05) is 13.0 Å². The predicted molar refractivity (Wildman–Crippen MR) is 114 cm³/mol. The summed E-state index contributed by atoms with van der Waals surface area (Å²) in [5.41, 5.74) is 2.10. The molecule has 5 N–H and O–H groups in total. The molecule has 4 atom stereocenters. The summed E-state index contributed by atoms with van der Waals surface area (Å²) < 4.78 is 1.67. The van der Waals surface area contributed by atoms with Gasteiger partial charge < -0.3 is 30.5 Å². The lowest BCUT2D eigenvalue weighted by molar-refractivity contribution is -0.139. The number of nitrogens with zero attached hydrogens (tertiary/aromatic N) is 4. The molecule has 0 bridgehead atoms. The average Bonchev–Trinajstić information content (AvgIpc) is 3.34. The lowest BCUT2D eigenvalue weighted by Gasteiger charge is -2.18. The maximum Gasteiger partial charge on any atom is 0.303 e. The Labute approximate surface area is 183 Å². The molecule has 1 saturated carbocycles. The molecule has 11 heteroatoms. The molecule has 1 fully saturated rings.